The molecule has 2 saturated carbocycles. The van der Waals surface area contributed by atoms with E-state index in [9.17, 15) is 40.8 Å². The highest BCUT2D eigenvalue weighted by Gasteiger charge is 2.63. The molecule has 1 N–H and O–H groups in total. The second kappa shape index (κ2) is 16.4. The number of hydrogen-bond donors (Lipinski definition) is 1. The molecule has 0 radical (unpaired) electrons. The summed E-state index contributed by atoms with van der Waals surface area (Å²) in [5.74, 6) is -4.04. The number of nitrogens with one attached hydrogen (secondary N) is 1. The number of nitrogens with zero attached hydrogens (tertiary/aromatic N) is 2. The van der Waals surface area contributed by atoms with Gasteiger partial charge in [-0.05, 0) is 113 Å². The number of aryl methyl sites for hydroxylation is 1. The number of pyridine rings is 1. The number of allylic oxidation sites excluding steroid dienone is 2. The molecule has 17 heteroatoms. The standard InChI is InChI=1S/C44H56F3N3O10S/c1-25-10-7-8-11-27-22-43(27,40(54)49-61(55,56)42(5)15-16-42)23-35(51)34-20-29(59-38-31-14-13-28(57-6)19-33(31)30-12-9-17-58-37(30)48-38)24-50(34)39(53)32(26(2)18-25)21-36(52)60-41(3,4)44(45,46)47/h8,11,13-14,19,25-27,29,32,34H,7,9-10,12,15-18,20-24H2,1-6H3,(H,49,54)/b11-8-/t25-,26-,27-,29-,32+,34+,43-/m1/s1. The van der Waals surface area contributed by atoms with Gasteiger partial charge in [-0.25, -0.2) is 8.42 Å². The zero-order chi connectivity index (χ0) is 44.3. The summed E-state index contributed by atoms with van der Waals surface area (Å²) in [6.07, 6.45) is 1.18. The maximum absolute atomic E-state index is 15.0. The van der Waals surface area contributed by atoms with E-state index < -0.39 is 91.8 Å². The van der Waals surface area contributed by atoms with E-state index in [0.717, 1.165) is 31.2 Å². The minimum atomic E-state index is -4.87. The van der Waals surface area contributed by atoms with Gasteiger partial charge in [-0.2, -0.15) is 18.2 Å². The van der Waals surface area contributed by atoms with Crippen molar-refractivity contribution in [2.24, 2.45) is 29.1 Å². The van der Waals surface area contributed by atoms with Crippen LogP contribution in [0.2, 0.25) is 0 Å². The molecule has 0 spiro atoms. The van der Waals surface area contributed by atoms with Gasteiger partial charge in [0.2, 0.25) is 39.2 Å². The van der Waals surface area contributed by atoms with Gasteiger partial charge < -0.3 is 23.8 Å². The van der Waals surface area contributed by atoms with Crippen LogP contribution in [0.5, 0.6) is 17.5 Å². The molecule has 3 fully saturated rings. The number of halogens is 3. The minimum absolute atomic E-state index is 0.00991. The number of carbonyl (C=O) groups excluding carboxylic acids is 4. The second-order valence-corrected chi connectivity index (χ2v) is 20.9. The van der Waals surface area contributed by atoms with Crippen molar-refractivity contribution >= 4 is 44.4 Å². The normalized spacial score (nSPS) is 29.8. The molecule has 5 aliphatic rings. The van der Waals surface area contributed by atoms with Crippen LogP contribution >= 0.6 is 0 Å². The summed E-state index contributed by atoms with van der Waals surface area (Å²) < 4.78 is 92.3. The van der Waals surface area contributed by atoms with Crippen molar-refractivity contribution in [2.75, 3.05) is 20.3 Å². The summed E-state index contributed by atoms with van der Waals surface area (Å²) in [4.78, 5) is 63.2. The fourth-order valence-electron chi connectivity index (χ4n) is 9.10. The first kappa shape index (κ1) is 44.6. The molecule has 1 aromatic heterocycles. The van der Waals surface area contributed by atoms with Crippen LogP contribution in [0.3, 0.4) is 0 Å². The lowest BCUT2D eigenvalue weighted by Crippen LogP contribution is -2.48. The number of rotatable bonds is 9. The quantitative estimate of drug-likeness (QED) is 0.208. The number of fused-ring (bicyclic) bond motifs is 5. The van der Waals surface area contributed by atoms with E-state index in [-0.39, 0.29) is 37.6 Å². The number of alkyl halides is 3. The van der Waals surface area contributed by atoms with Crippen molar-refractivity contribution in [1.29, 1.82) is 0 Å². The molecule has 0 bridgehead atoms. The Kier molecular flexibility index (Phi) is 12.0. The van der Waals surface area contributed by atoms with Crippen LogP contribution < -0.4 is 18.9 Å². The number of ketones is 1. The van der Waals surface area contributed by atoms with Gasteiger partial charge in [-0.3, -0.25) is 23.9 Å². The molecular weight excluding hydrogens is 820 g/mol. The number of methoxy groups -OCH3 is 1. The Labute approximate surface area is 354 Å². The summed E-state index contributed by atoms with van der Waals surface area (Å²) in [7, 11) is -2.48. The number of hydrogen-bond acceptors (Lipinski definition) is 11. The predicted octanol–water partition coefficient (Wildman–Crippen LogP) is 6.78. The van der Waals surface area contributed by atoms with E-state index in [1.165, 1.54) is 4.90 Å². The first-order valence-corrected chi connectivity index (χ1v) is 22.7. The summed E-state index contributed by atoms with van der Waals surface area (Å²) in [5, 5.41) is 1.45. The molecule has 2 aromatic rings. The topological polar surface area (TPSA) is 167 Å². The predicted molar refractivity (Wildman–Crippen MR) is 217 cm³/mol. The van der Waals surface area contributed by atoms with Gasteiger partial charge in [0.1, 0.15) is 11.9 Å². The molecule has 7 rings (SSSR count). The van der Waals surface area contributed by atoms with Crippen LogP contribution in [0.25, 0.3) is 10.8 Å². The zero-order valence-corrected chi connectivity index (χ0v) is 36.4. The van der Waals surface area contributed by atoms with E-state index in [4.69, 9.17) is 23.9 Å². The van der Waals surface area contributed by atoms with E-state index in [1.54, 1.807) is 27.0 Å². The van der Waals surface area contributed by atoms with Crippen molar-refractivity contribution < 1.29 is 59.7 Å². The molecule has 1 aromatic carbocycles. The van der Waals surface area contributed by atoms with Gasteiger partial charge in [-0.1, -0.05) is 26.0 Å². The Hall–Kier alpha value is -4.41. The lowest BCUT2D eigenvalue weighted by Gasteiger charge is -2.33. The van der Waals surface area contributed by atoms with Crippen molar-refractivity contribution in [2.45, 2.75) is 134 Å². The Morgan fingerprint density at radius 1 is 1.10 bits per heavy atom. The highest BCUT2D eigenvalue weighted by molar-refractivity contribution is 7.91. The third kappa shape index (κ3) is 8.95. The number of amides is 2. The second-order valence-electron chi connectivity index (χ2n) is 18.7. The molecule has 61 heavy (non-hydrogen) atoms. The molecule has 13 nitrogen and oxygen atoms in total. The van der Waals surface area contributed by atoms with Crippen LogP contribution in [0.15, 0.2) is 30.4 Å². The molecule has 1 saturated heterocycles. The van der Waals surface area contributed by atoms with Crippen molar-refractivity contribution in [3.63, 3.8) is 0 Å². The van der Waals surface area contributed by atoms with Crippen LogP contribution in [0, 0.1) is 29.1 Å². The third-order valence-electron chi connectivity index (χ3n) is 13.6. The van der Waals surface area contributed by atoms with Gasteiger partial charge in [0.15, 0.2) is 5.78 Å². The average molecular weight is 876 g/mol. The van der Waals surface area contributed by atoms with Gasteiger partial charge in [0.05, 0.1) is 48.8 Å². The lowest BCUT2D eigenvalue weighted by atomic mass is 9.82. The SMILES string of the molecule is COc1ccc2c(O[C@@H]3C[C@H]4C(=O)C[C@]5(C(=O)NS(=O)(=O)C6(C)CC6)C[C@H]5/C=C\CC[C@@H](C)C[C@@H](C)[C@H](CC(=O)OC(C)(C)C(F)(F)F)C(=O)N4C3)nc3c(c2c1)CCCO3. The number of sulfonamides is 1. The van der Waals surface area contributed by atoms with Gasteiger partial charge in [0.25, 0.3) is 0 Å². The van der Waals surface area contributed by atoms with Crippen LogP contribution in [-0.4, -0.2) is 90.8 Å². The van der Waals surface area contributed by atoms with E-state index in [1.807, 2.05) is 31.2 Å². The Morgan fingerprint density at radius 3 is 2.52 bits per heavy atom. The number of carbonyl (C=O) groups is 4. The van der Waals surface area contributed by atoms with Crippen LogP contribution in [-0.2, 0) is 40.4 Å². The maximum Gasteiger partial charge on any atom is 0.427 e. The first-order chi connectivity index (χ1) is 28.6. The highest BCUT2D eigenvalue weighted by atomic mass is 32.2. The smallest absolute Gasteiger partial charge is 0.427 e. The van der Waals surface area contributed by atoms with Gasteiger partial charge >= 0.3 is 12.1 Å². The lowest BCUT2D eigenvalue weighted by molar-refractivity contribution is -0.257. The van der Waals surface area contributed by atoms with Gasteiger partial charge in [0, 0.05) is 23.8 Å². The Morgan fingerprint density at radius 2 is 1.84 bits per heavy atom. The first-order valence-electron chi connectivity index (χ1n) is 21.2. The molecule has 3 aliphatic heterocycles. The largest absolute Gasteiger partial charge is 0.497 e. The molecule has 0 unspecified atom stereocenters. The van der Waals surface area contributed by atoms with E-state index in [0.29, 0.717) is 62.1 Å². The zero-order valence-electron chi connectivity index (χ0n) is 35.6. The van der Waals surface area contributed by atoms with Crippen LogP contribution in [0.1, 0.15) is 104 Å². The number of Topliss-reactive ketones (excluding diaryl/α,β-unsaturated/α-hetero) is 1. The third-order valence-corrected chi connectivity index (χ3v) is 15.7. The Bertz CT molecular complexity index is 2220. The average Bonchev–Trinajstić information content (AvgIpc) is 4.07. The molecule has 4 heterocycles. The van der Waals surface area contributed by atoms with Crippen molar-refractivity contribution in [3.8, 4) is 17.5 Å². The summed E-state index contributed by atoms with van der Waals surface area (Å²) in [5.41, 5.74) is -3.32. The summed E-state index contributed by atoms with van der Waals surface area (Å²) in [6.45, 7) is 7.10. The monoisotopic (exact) mass is 875 g/mol. The number of ether oxygens (including phenoxy) is 4. The highest BCUT2D eigenvalue weighted by Crippen LogP contribution is 2.58. The van der Waals surface area contributed by atoms with Crippen molar-refractivity contribution in [3.05, 3.63) is 35.9 Å². The summed E-state index contributed by atoms with van der Waals surface area (Å²) in [6, 6.07) is 4.25. The number of benzene rings is 1. The Balaban J connectivity index is 1.25. The molecule has 334 valence electrons. The van der Waals surface area contributed by atoms with E-state index >= 15 is 0 Å². The fraction of sp³-hybridized carbons (Fsp3) is 0.659. The number of aromatic nitrogens is 1. The fourth-order valence-corrected chi connectivity index (χ4v) is 10.4. The summed E-state index contributed by atoms with van der Waals surface area (Å²) >= 11 is 0. The number of esters is 1. The molecule has 2 amide bonds. The van der Waals surface area contributed by atoms with Gasteiger partial charge in [-0.15, -0.1) is 0 Å². The molecule has 2 aliphatic carbocycles. The maximum atomic E-state index is 15.0. The minimum Gasteiger partial charge on any atom is -0.497 e. The van der Waals surface area contributed by atoms with Crippen LogP contribution in [0.4, 0.5) is 13.2 Å². The van der Waals surface area contributed by atoms with Crippen molar-refractivity contribution in [1.82, 2.24) is 14.6 Å². The van der Waals surface area contributed by atoms with E-state index in [2.05, 4.69) is 4.72 Å². The molecular formula is C44H56F3N3O10S. The molecule has 7 atom stereocenters.